The van der Waals surface area contributed by atoms with Crippen LogP contribution in [0, 0.1) is 0 Å². The van der Waals surface area contributed by atoms with Crippen LogP contribution in [0.15, 0.2) is 70.7 Å². The van der Waals surface area contributed by atoms with E-state index in [1.165, 1.54) is 11.8 Å². The number of carbonyl (C=O) groups is 1. The molecule has 0 aliphatic carbocycles. The first-order valence-corrected chi connectivity index (χ1v) is 11.2. The molecule has 0 aromatic heterocycles. The van der Waals surface area contributed by atoms with Crippen molar-refractivity contribution in [3.63, 3.8) is 0 Å². The summed E-state index contributed by atoms with van der Waals surface area (Å²) in [5.41, 5.74) is 1.12. The quantitative estimate of drug-likeness (QED) is 0.452. The maximum absolute atomic E-state index is 13.0. The largest absolute Gasteiger partial charge is 0.457 e. The molecule has 3 rings (SSSR count). The first-order chi connectivity index (χ1) is 14.6. The van der Waals surface area contributed by atoms with Crippen LogP contribution in [0.4, 0.5) is 0 Å². The molecule has 30 heavy (non-hydrogen) atoms. The number of rotatable bonds is 8. The summed E-state index contributed by atoms with van der Waals surface area (Å²) in [6, 6.07) is 18.2. The molecule has 1 fully saturated rings. The highest BCUT2D eigenvalue weighted by Gasteiger charge is 2.24. The second-order valence-electron chi connectivity index (χ2n) is 7.45. The molecule has 0 radical (unpaired) electrons. The Morgan fingerprint density at radius 1 is 1.07 bits per heavy atom. The molecule has 6 heteroatoms. The van der Waals surface area contributed by atoms with E-state index in [4.69, 9.17) is 4.74 Å². The lowest BCUT2D eigenvalue weighted by Crippen LogP contribution is -2.50. The fourth-order valence-electron chi connectivity index (χ4n) is 3.27. The van der Waals surface area contributed by atoms with Crippen LogP contribution >= 0.6 is 11.8 Å². The number of para-hydroxylation sites is 1. The molecule has 1 saturated heterocycles. The van der Waals surface area contributed by atoms with Gasteiger partial charge in [0, 0.05) is 44.2 Å². The molecule has 2 aromatic rings. The number of nitrogens with zero attached hydrogens (tertiary/aromatic N) is 3. The van der Waals surface area contributed by atoms with Gasteiger partial charge in [-0.05, 0) is 50.4 Å². The lowest BCUT2D eigenvalue weighted by atomic mass is 10.2. The van der Waals surface area contributed by atoms with E-state index in [-0.39, 0.29) is 5.91 Å². The second-order valence-corrected chi connectivity index (χ2v) is 8.46. The summed E-state index contributed by atoms with van der Waals surface area (Å²) in [5, 5.41) is 0. The standard InChI is InChI=1S/C24H29N3O2S/c1-19(2)26-13-15-27(16-14-26)24(28)23(17-25-3)30-18-20-9-11-22(12-10-20)29-21-7-5-4-6-8-21/h4-12,17,19H,3,13-16,18H2,1-2H3/b23-17-. The first kappa shape index (κ1) is 22.1. The molecular weight excluding hydrogens is 394 g/mol. The number of carbonyl (C=O) groups excluding carboxylic acids is 1. The monoisotopic (exact) mass is 423 g/mol. The second kappa shape index (κ2) is 11.0. The van der Waals surface area contributed by atoms with E-state index < -0.39 is 0 Å². The van der Waals surface area contributed by atoms with Crippen molar-refractivity contribution in [1.82, 2.24) is 9.80 Å². The third-order valence-electron chi connectivity index (χ3n) is 5.05. The number of hydrogen-bond acceptors (Lipinski definition) is 5. The van der Waals surface area contributed by atoms with Gasteiger partial charge < -0.3 is 9.64 Å². The van der Waals surface area contributed by atoms with E-state index in [9.17, 15) is 4.79 Å². The van der Waals surface area contributed by atoms with E-state index in [0.29, 0.717) is 16.7 Å². The number of ether oxygens (including phenoxy) is 1. The molecule has 0 bridgehead atoms. The minimum atomic E-state index is 0.0415. The zero-order valence-corrected chi connectivity index (χ0v) is 18.5. The number of benzene rings is 2. The number of aliphatic imine (C=N–C) groups is 1. The summed E-state index contributed by atoms with van der Waals surface area (Å²) in [5.74, 6) is 2.33. The van der Waals surface area contributed by atoms with Gasteiger partial charge in [0.1, 0.15) is 11.5 Å². The third kappa shape index (κ3) is 6.21. The number of thioether (sulfide) groups is 1. The predicted molar refractivity (Wildman–Crippen MR) is 125 cm³/mol. The van der Waals surface area contributed by atoms with Crippen molar-refractivity contribution in [2.24, 2.45) is 4.99 Å². The van der Waals surface area contributed by atoms with E-state index >= 15 is 0 Å². The molecule has 0 saturated carbocycles. The SMILES string of the molecule is C=N/C=C(\SCc1ccc(Oc2ccccc2)cc1)C(=O)N1CCN(C(C)C)CC1. The van der Waals surface area contributed by atoms with Crippen LogP contribution in [0.3, 0.4) is 0 Å². The van der Waals surface area contributed by atoms with Crippen LogP contribution in [0.25, 0.3) is 0 Å². The highest BCUT2D eigenvalue weighted by atomic mass is 32.2. The molecule has 0 atom stereocenters. The summed E-state index contributed by atoms with van der Waals surface area (Å²) >= 11 is 1.50. The van der Waals surface area contributed by atoms with Gasteiger partial charge in [0.25, 0.3) is 5.91 Å². The average molecular weight is 424 g/mol. The fraction of sp³-hybridized carbons (Fsp3) is 0.333. The molecule has 5 nitrogen and oxygen atoms in total. The fourth-order valence-corrected chi connectivity index (χ4v) is 4.19. The van der Waals surface area contributed by atoms with Gasteiger partial charge in [-0.2, -0.15) is 0 Å². The lowest BCUT2D eigenvalue weighted by molar-refractivity contribution is -0.128. The van der Waals surface area contributed by atoms with Gasteiger partial charge in [0.2, 0.25) is 0 Å². The summed E-state index contributed by atoms with van der Waals surface area (Å²) in [4.78, 5) is 21.8. The zero-order valence-electron chi connectivity index (χ0n) is 17.7. The Morgan fingerprint density at radius 2 is 1.70 bits per heavy atom. The van der Waals surface area contributed by atoms with Crippen LogP contribution in [0.2, 0.25) is 0 Å². The Bertz CT molecular complexity index is 858. The Kier molecular flexibility index (Phi) is 8.11. The lowest BCUT2D eigenvalue weighted by Gasteiger charge is -2.37. The molecular formula is C24H29N3O2S. The van der Waals surface area contributed by atoms with Crippen LogP contribution < -0.4 is 4.74 Å². The van der Waals surface area contributed by atoms with Gasteiger partial charge in [-0.1, -0.05) is 30.3 Å². The van der Waals surface area contributed by atoms with Crippen LogP contribution in [0.5, 0.6) is 11.5 Å². The maximum atomic E-state index is 13.0. The van der Waals surface area contributed by atoms with E-state index in [1.54, 1.807) is 6.20 Å². The van der Waals surface area contributed by atoms with Crippen molar-refractivity contribution < 1.29 is 9.53 Å². The van der Waals surface area contributed by atoms with E-state index in [1.807, 2.05) is 59.5 Å². The minimum absolute atomic E-state index is 0.0415. The van der Waals surface area contributed by atoms with Crippen molar-refractivity contribution in [1.29, 1.82) is 0 Å². The smallest absolute Gasteiger partial charge is 0.261 e. The highest BCUT2D eigenvalue weighted by molar-refractivity contribution is 8.03. The van der Waals surface area contributed by atoms with Crippen molar-refractivity contribution in [3.8, 4) is 11.5 Å². The molecule has 1 heterocycles. The summed E-state index contributed by atoms with van der Waals surface area (Å²) in [7, 11) is 0. The minimum Gasteiger partial charge on any atom is -0.457 e. The van der Waals surface area contributed by atoms with Crippen molar-refractivity contribution in [2.75, 3.05) is 26.2 Å². The Labute approximate surface area is 183 Å². The summed E-state index contributed by atoms with van der Waals surface area (Å²) < 4.78 is 5.83. The molecule has 2 aromatic carbocycles. The zero-order chi connectivity index (χ0) is 21.3. The van der Waals surface area contributed by atoms with Crippen molar-refractivity contribution in [3.05, 3.63) is 71.3 Å². The molecule has 0 N–H and O–H groups in total. The van der Waals surface area contributed by atoms with Gasteiger partial charge in [0.15, 0.2) is 0 Å². The number of piperazine rings is 1. The van der Waals surface area contributed by atoms with Gasteiger partial charge in [-0.25, -0.2) is 0 Å². The Hall–Kier alpha value is -2.57. The Morgan fingerprint density at radius 3 is 2.30 bits per heavy atom. The molecule has 1 aliphatic rings. The molecule has 1 aliphatic heterocycles. The summed E-state index contributed by atoms with van der Waals surface area (Å²) in [6.07, 6.45) is 1.58. The van der Waals surface area contributed by atoms with Gasteiger partial charge in [0.05, 0.1) is 4.91 Å². The van der Waals surface area contributed by atoms with E-state index in [0.717, 1.165) is 43.2 Å². The van der Waals surface area contributed by atoms with E-state index in [2.05, 4.69) is 30.5 Å². The summed E-state index contributed by atoms with van der Waals surface area (Å²) in [6.45, 7) is 11.2. The molecule has 0 unspecified atom stereocenters. The van der Waals surface area contributed by atoms with Crippen LogP contribution in [0.1, 0.15) is 19.4 Å². The highest BCUT2D eigenvalue weighted by Crippen LogP contribution is 2.27. The van der Waals surface area contributed by atoms with Gasteiger partial charge in [-0.3, -0.25) is 14.7 Å². The van der Waals surface area contributed by atoms with Crippen molar-refractivity contribution in [2.45, 2.75) is 25.6 Å². The van der Waals surface area contributed by atoms with Crippen LogP contribution in [-0.4, -0.2) is 54.6 Å². The number of amides is 1. The van der Waals surface area contributed by atoms with Gasteiger partial charge in [-0.15, -0.1) is 11.8 Å². The third-order valence-corrected chi connectivity index (χ3v) is 6.12. The van der Waals surface area contributed by atoms with Gasteiger partial charge >= 0.3 is 0 Å². The Balaban J connectivity index is 1.55. The number of hydrogen-bond donors (Lipinski definition) is 0. The predicted octanol–water partition coefficient (Wildman–Crippen LogP) is 4.81. The normalized spacial score (nSPS) is 15.3. The van der Waals surface area contributed by atoms with Crippen molar-refractivity contribution >= 4 is 24.4 Å². The van der Waals surface area contributed by atoms with Crippen LogP contribution in [-0.2, 0) is 10.5 Å². The molecule has 1 amide bonds. The first-order valence-electron chi connectivity index (χ1n) is 10.2. The maximum Gasteiger partial charge on any atom is 0.261 e. The molecule has 158 valence electrons. The average Bonchev–Trinajstić information content (AvgIpc) is 2.78. The topological polar surface area (TPSA) is 45.1 Å². The molecule has 0 spiro atoms.